The molecule has 0 fully saturated rings. The summed E-state index contributed by atoms with van der Waals surface area (Å²) in [6, 6.07) is 5.70. The van der Waals surface area contributed by atoms with Crippen molar-refractivity contribution in [2.75, 3.05) is 6.61 Å². The first kappa shape index (κ1) is 13.3. The highest BCUT2D eigenvalue weighted by molar-refractivity contribution is 6.32. The molecule has 1 aromatic rings. The topological polar surface area (TPSA) is 35.2 Å². The molecule has 1 aromatic carbocycles. The second-order valence-electron chi connectivity index (χ2n) is 4.35. The number of hydrogen-bond donors (Lipinski definition) is 1. The second kappa shape index (κ2) is 6.77. The van der Waals surface area contributed by atoms with Crippen LogP contribution in [0.4, 0.5) is 0 Å². The molecular formula is C13H20ClNO. The molecule has 16 heavy (non-hydrogen) atoms. The van der Waals surface area contributed by atoms with E-state index in [1.165, 1.54) is 6.42 Å². The average Bonchev–Trinajstić information content (AvgIpc) is 2.25. The molecule has 0 aliphatic heterocycles. The van der Waals surface area contributed by atoms with Crippen LogP contribution in [-0.2, 0) is 6.54 Å². The quantitative estimate of drug-likeness (QED) is 0.773. The van der Waals surface area contributed by atoms with Crippen LogP contribution in [0.2, 0.25) is 5.02 Å². The molecule has 2 N–H and O–H groups in total. The van der Waals surface area contributed by atoms with E-state index in [1.807, 2.05) is 18.2 Å². The summed E-state index contributed by atoms with van der Waals surface area (Å²) in [6.07, 6.45) is 2.24. The first-order valence-electron chi connectivity index (χ1n) is 5.74. The lowest BCUT2D eigenvalue weighted by molar-refractivity contribution is 0.298. The van der Waals surface area contributed by atoms with E-state index in [0.717, 1.165) is 30.3 Å². The van der Waals surface area contributed by atoms with Gasteiger partial charge in [-0.15, -0.1) is 0 Å². The summed E-state index contributed by atoms with van der Waals surface area (Å²) in [4.78, 5) is 0. The molecule has 0 saturated heterocycles. The van der Waals surface area contributed by atoms with Crippen LogP contribution >= 0.6 is 11.6 Å². The molecule has 3 heteroatoms. The van der Waals surface area contributed by atoms with E-state index in [2.05, 4.69) is 13.8 Å². The Kier molecular flexibility index (Phi) is 5.64. The van der Waals surface area contributed by atoms with Crippen molar-refractivity contribution in [3.05, 3.63) is 28.8 Å². The van der Waals surface area contributed by atoms with Crippen LogP contribution in [0.1, 0.15) is 32.3 Å². The molecule has 0 aliphatic carbocycles. The minimum absolute atomic E-state index is 0.507. The Morgan fingerprint density at radius 1 is 1.38 bits per heavy atom. The lowest BCUT2D eigenvalue weighted by Crippen LogP contribution is -2.01. The summed E-state index contributed by atoms with van der Waals surface area (Å²) >= 11 is 6.07. The van der Waals surface area contributed by atoms with E-state index in [0.29, 0.717) is 11.6 Å². The van der Waals surface area contributed by atoms with Crippen LogP contribution in [0.15, 0.2) is 18.2 Å². The third-order valence-corrected chi connectivity index (χ3v) is 2.71. The molecule has 0 heterocycles. The number of nitrogens with two attached hydrogens (primary N) is 1. The standard InChI is InChI=1S/C13H20ClNO/c1-10(2)4-3-7-16-13-6-5-11(9-15)8-12(13)14/h5-6,8,10H,3-4,7,9,15H2,1-2H3. The van der Waals surface area contributed by atoms with Gasteiger partial charge in [0.1, 0.15) is 5.75 Å². The summed E-state index contributed by atoms with van der Waals surface area (Å²) in [5.74, 6) is 1.47. The summed E-state index contributed by atoms with van der Waals surface area (Å²) in [6.45, 7) is 5.65. The largest absolute Gasteiger partial charge is 0.492 e. The van der Waals surface area contributed by atoms with Crippen LogP contribution in [-0.4, -0.2) is 6.61 Å². The third-order valence-electron chi connectivity index (χ3n) is 2.42. The van der Waals surface area contributed by atoms with Crippen molar-refractivity contribution in [3.63, 3.8) is 0 Å². The highest BCUT2D eigenvalue weighted by Gasteiger charge is 2.02. The molecule has 0 aromatic heterocycles. The number of ether oxygens (including phenoxy) is 1. The van der Waals surface area contributed by atoms with Crippen molar-refractivity contribution in [2.24, 2.45) is 11.7 Å². The maximum absolute atomic E-state index is 6.07. The van der Waals surface area contributed by atoms with Gasteiger partial charge in [0.05, 0.1) is 11.6 Å². The highest BCUT2D eigenvalue weighted by atomic mass is 35.5. The fourth-order valence-electron chi connectivity index (χ4n) is 1.46. The Balaban J connectivity index is 2.42. The number of benzene rings is 1. The van der Waals surface area contributed by atoms with Gasteiger partial charge in [0, 0.05) is 6.54 Å². The van der Waals surface area contributed by atoms with Gasteiger partial charge in [-0.1, -0.05) is 31.5 Å². The van der Waals surface area contributed by atoms with Crippen molar-refractivity contribution >= 4 is 11.6 Å². The van der Waals surface area contributed by atoms with Crippen LogP contribution in [0.3, 0.4) is 0 Å². The first-order valence-corrected chi connectivity index (χ1v) is 6.12. The van der Waals surface area contributed by atoms with E-state index >= 15 is 0 Å². The molecule has 0 atom stereocenters. The summed E-state index contributed by atoms with van der Waals surface area (Å²) in [5.41, 5.74) is 6.55. The molecule has 0 spiro atoms. The zero-order valence-corrected chi connectivity index (χ0v) is 10.8. The second-order valence-corrected chi connectivity index (χ2v) is 4.76. The number of halogens is 1. The Hall–Kier alpha value is -0.730. The molecule has 1 rings (SSSR count). The summed E-state index contributed by atoms with van der Waals surface area (Å²) < 4.78 is 5.61. The fraction of sp³-hybridized carbons (Fsp3) is 0.538. The lowest BCUT2D eigenvalue weighted by Gasteiger charge is -2.09. The maximum atomic E-state index is 6.07. The Morgan fingerprint density at radius 2 is 2.12 bits per heavy atom. The van der Waals surface area contributed by atoms with Crippen molar-refractivity contribution < 1.29 is 4.74 Å². The zero-order chi connectivity index (χ0) is 12.0. The normalized spacial score (nSPS) is 10.8. The van der Waals surface area contributed by atoms with E-state index in [9.17, 15) is 0 Å². The molecule has 0 saturated carbocycles. The lowest BCUT2D eigenvalue weighted by atomic mass is 10.1. The van der Waals surface area contributed by atoms with Gasteiger partial charge in [0.2, 0.25) is 0 Å². The van der Waals surface area contributed by atoms with Crippen molar-refractivity contribution in [2.45, 2.75) is 33.2 Å². The Morgan fingerprint density at radius 3 is 2.69 bits per heavy atom. The molecular weight excluding hydrogens is 222 g/mol. The van der Waals surface area contributed by atoms with Crippen molar-refractivity contribution in [1.29, 1.82) is 0 Å². The molecule has 0 unspecified atom stereocenters. The monoisotopic (exact) mass is 241 g/mol. The summed E-state index contributed by atoms with van der Waals surface area (Å²) in [5, 5.41) is 0.646. The van der Waals surface area contributed by atoms with Gasteiger partial charge in [0.15, 0.2) is 0 Å². The molecule has 90 valence electrons. The van der Waals surface area contributed by atoms with Crippen molar-refractivity contribution in [3.8, 4) is 5.75 Å². The SMILES string of the molecule is CC(C)CCCOc1ccc(CN)cc1Cl. The minimum atomic E-state index is 0.507. The molecule has 0 radical (unpaired) electrons. The smallest absolute Gasteiger partial charge is 0.137 e. The third kappa shape index (κ3) is 4.42. The van der Waals surface area contributed by atoms with Crippen LogP contribution in [0.5, 0.6) is 5.75 Å². The van der Waals surface area contributed by atoms with Gasteiger partial charge in [-0.05, 0) is 36.5 Å². The maximum Gasteiger partial charge on any atom is 0.137 e. The Bertz CT molecular complexity index is 326. The predicted octanol–water partition coefficient (Wildman–Crippen LogP) is 3.61. The minimum Gasteiger partial charge on any atom is -0.492 e. The first-order chi connectivity index (χ1) is 7.63. The van der Waals surface area contributed by atoms with Gasteiger partial charge in [0.25, 0.3) is 0 Å². The number of hydrogen-bond acceptors (Lipinski definition) is 2. The fourth-order valence-corrected chi connectivity index (χ4v) is 1.72. The Labute approximate surface area is 103 Å². The van der Waals surface area contributed by atoms with Gasteiger partial charge < -0.3 is 10.5 Å². The molecule has 2 nitrogen and oxygen atoms in total. The molecule has 0 aliphatic rings. The van der Waals surface area contributed by atoms with E-state index in [4.69, 9.17) is 22.1 Å². The van der Waals surface area contributed by atoms with Gasteiger partial charge in [-0.3, -0.25) is 0 Å². The summed E-state index contributed by atoms with van der Waals surface area (Å²) in [7, 11) is 0. The number of rotatable bonds is 6. The van der Waals surface area contributed by atoms with Gasteiger partial charge in [-0.2, -0.15) is 0 Å². The molecule has 0 amide bonds. The van der Waals surface area contributed by atoms with Crippen molar-refractivity contribution in [1.82, 2.24) is 0 Å². The van der Waals surface area contributed by atoms with E-state index in [-0.39, 0.29) is 0 Å². The zero-order valence-electron chi connectivity index (χ0n) is 10.0. The van der Waals surface area contributed by atoms with E-state index in [1.54, 1.807) is 0 Å². The molecule has 0 bridgehead atoms. The predicted molar refractivity (Wildman–Crippen MR) is 68.9 cm³/mol. The van der Waals surface area contributed by atoms with Crippen LogP contribution in [0.25, 0.3) is 0 Å². The van der Waals surface area contributed by atoms with E-state index < -0.39 is 0 Å². The van der Waals surface area contributed by atoms with Gasteiger partial charge in [-0.25, -0.2) is 0 Å². The van der Waals surface area contributed by atoms with Crippen LogP contribution < -0.4 is 10.5 Å². The van der Waals surface area contributed by atoms with Gasteiger partial charge >= 0.3 is 0 Å². The average molecular weight is 242 g/mol. The highest BCUT2D eigenvalue weighted by Crippen LogP contribution is 2.25. The van der Waals surface area contributed by atoms with Crippen LogP contribution in [0, 0.1) is 5.92 Å².